The third-order valence-electron chi connectivity index (χ3n) is 3.15. The normalized spacial score (nSPS) is 13.2. The standard InChI is InChI=1S/C11H22N4O3S/c1-11(2,14(3)4)9-13-19(17,18)10-7-12-15(8-10)5-6-16/h7-8,13,16H,5-6,9H2,1-4H3. The van der Waals surface area contributed by atoms with Crippen LogP contribution in [0.15, 0.2) is 17.3 Å². The summed E-state index contributed by atoms with van der Waals surface area (Å²) in [6, 6.07) is 0. The van der Waals surface area contributed by atoms with E-state index >= 15 is 0 Å². The van der Waals surface area contributed by atoms with Crippen molar-refractivity contribution >= 4 is 10.0 Å². The van der Waals surface area contributed by atoms with Gasteiger partial charge in [-0.05, 0) is 27.9 Å². The minimum absolute atomic E-state index is 0.0811. The zero-order valence-electron chi connectivity index (χ0n) is 11.8. The van der Waals surface area contributed by atoms with Crippen molar-refractivity contribution in [3.63, 3.8) is 0 Å². The van der Waals surface area contributed by atoms with E-state index in [1.807, 2.05) is 32.8 Å². The van der Waals surface area contributed by atoms with Crippen LogP contribution in [0, 0.1) is 0 Å². The third kappa shape index (κ3) is 4.27. The lowest BCUT2D eigenvalue weighted by Gasteiger charge is -2.32. The number of hydrogen-bond acceptors (Lipinski definition) is 5. The molecule has 2 N–H and O–H groups in total. The van der Waals surface area contributed by atoms with Crippen molar-refractivity contribution in [1.29, 1.82) is 0 Å². The fourth-order valence-electron chi connectivity index (χ4n) is 1.22. The van der Waals surface area contributed by atoms with Crippen molar-refractivity contribution in [2.75, 3.05) is 27.2 Å². The lowest BCUT2D eigenvalue weighted by atomic mass is 10.1. The molecule has 0 saturated heterocycles. The van der Waals surface area contributed by atoms with Crippen LogP contribution in [0.3, 0.4) is 0 Å². The number of aliphatic hydroxyl groups excluding tert-OH is 1. The Labute approximate surface area is 114 Å². The fourth-order valence-corrected chi connectivity index (χ4v) is 2.38. The first-order chi connectivity index (χ1) is 8.69. The molecule has 0 radical (unpaired) electrons. The molecule has 1 aromatic heterocycles. The Balaban J connectivity index is 2.75. The number of nitrogens with one attached hydrogen (secondary N) is 1. The van der Waals surface area contributed by atoms with E-state index in [-0.39, 0.29) is 23.6 Å². The number of hydrogen-bond donors (Lipinski definition) is 2. The lowest BCUT2D eigenvalue weighted by molar-refractivity contribution is 0.199. The summed E-state index contributed by atoms with van der Waals surface area (Å²) in [5.74, 6) is 0. The molecule has 0 aromatic carbocycles. The van der Waals surface area contributed by atoms with Crippen LogP contribution in [-0.4, -0.2) is 61.0 Å². The molecule has 0 amide bonds. The predicted molar refractivity (Wildman–Crippen MR) is 72.3 cm³/mol. The first-order valence-electron chi connectivity index (χ1n) is 5.99. The van der Waals surface area contributed by atoms with Gasteiger partial charge in [-0.2, -0.15) is 5.10 Å². The maximum atomic E-state index is 12.1. The van der Waals surface area contributed by atoms with E-state index in [1.54, 1.807) is 0 Å². The van der Waals surface area contributed by atoms with Crippen molar-refractivity contribution in [3.8, 4) is 0 Å². The van der Waals surface area contributed by atoms with Crippen LogP contribution >= 0.6 is 0 Å². The van der Waals surface area contributed by atoms with Crippen LogP contribution in [0.4, 0.5) is 0 Å². The van der Waals surface area contributed by atoms with Crippen LogP contribution in [0.5, 0.6) is 0 Å². The van der Waals surface area contributed by atoms with Gasteiger partial charge in [0.15, 0.2) is 0 Å². The molecule has 110 valence electrons. The minimum Gasteiger partial charge on any atom is -0.394 e. The van der Waals surface area contributed by atoms with Gasteiger partial charge in [-0.1, -0.05) is 0 Å². The number of rotatable bonds is 7. The van der Waals surface area contributed by atoms with Crippen molar-refractivity contribution < 1.29 is 13.5 Å². The zero-order chi connectivity index (χ0) is 14.7. The number of nitrogens with zero attached hydrogens (tertiary/aromatic N) is 3. The second kappa shape index (κ2) is 6.00. The number of sulfonamides is 1. The highest BCUT2D eigenvalue weighted by Gasteiger charge is 2.24. The molecule has 0 aliphatic rings. The van der Waals surface area contributed by atoms with Gasteiger partial charge in [0.25, 0.3) is 0 Å². The molecule has 1 rings (SSSR count). The van der Waals surface area contributed by atoms with Crippen molar-refractivity contribution in [1.82, 2.24) is 19.4 Å². The third-order valence-corrected chi connectivity index (χ3v) is 4.51. The monoisotopic (exact) mass is 290 g/mol. The fraction of sp³-hybridized carbons (Fsp3) is 0.727. The maximum absolute atomic E-state index is 12.1. The molecule has 8 heteroatoms. The Hall–Kier alpha value is -0.960. The van der Waals surface area contributed by atoms with Crippen molar-refractivity contribution in [2.45, 2.75) is 30.8 Å². The van der Waals surface area contributed by atoms with E-state index < -0.39 is 10.0 Å². The lowest BCUT2D eigenvalue weighted by Crippen LogP contribution is -2.48. The molecule has 1 aromatic rings. The summed E-state index contributed by atoms with van der Waals surface area (Å²) in [5.41, 5.74) is -0.284. The summed E-state index contributed by atoms with van der Waals surface area (Å²) in [6.45, 7) is 4.39. The zero-order valence-corrected chi connectivity index (χ0v) is 12.6. The molecule has 7 nitrogen and oxygen atoms in total. The van der Waals surface area contributed by atoms with Crippen LogP contribution in [0.2, 0.25) is 0 Å². The number of aliphatic hydroxyl groups is 1. The van der Waals surface area contributed by atoms with Gasteiger partial charge in [-0.25, -0.2) is 13.1 Å². The Kier molecular flexibility index (Phi) is 5.08. The van der Waals surface area contributed by atoms with E-state index in [4.69, 9.17) is 5.11 Å². The molecule has 0 aliphatic carbocycles. The van der Waals surface area contributed by atoms with E-state index in [1.165, 1.54) is 17.1 Å². The van der Waals surface area contributed by atoms with Gasteiger partial charge in [-0.3, -0.25) is 4.68 Å². The Morgan fingerprint density at radius 3 is 2.63 bits per heavy atom. The molecule has 0 unspecified atom stereocenters. The summed E-state index contributed by atoms with van der Waals surface area (Å²) in [6.07, 6.45) is 2.68. The molecule has 1 heterocycles. The minimum atomic E-state index is -3.57. The second-order valence-electron chi connectivity index (χ2n) is 5.19. The average Bonchev–Trinajstić information content (AvgIpc) is 2.76. The first-order valence-corrected chi connectivity index (χ1v) is 7.48. The van der Waals surface area contributed by atoms with Gasteiger partial charge in [0.2, 0.25) is 10.0 Å². The summed E-state index contributed by atoms with van der Waals surface area (Å²) >= 11 is 0. The second-order valence-corrected chi connectivity index (χ2v) is 6.96. The van der Waals surface area contributed by atoms with E-state index in [0.29, 0.717) is 6.54 Å². The van der Waals surface area contributed by atoms with Gasteiger partial charge in [0, 0.05) is 18.3 Å². The molecule has 0 saturated carbocycles. The van der Waals surface area contributed by atoms with Crippen LogP contribution < -0.4 is 4.72 Å². The van der Waals surface area contributed by atoms with Gasteiger partial charge >= 0.3 is 0 Å². The van der Waals surface area contributed by atoms with Crippen molar-refractivity contribution in [3.05, 3.63) is 12.4 Å². The van der Waals surface area contributed by atoms with E-state index in [2.05, 4.69) is 9.82 Å². The molecule has 19 heavy (non-hydrogen) atoms. The Morgan fingerprint density at radius 2 is 2.11 bits per heavy atom. The smallest absolute Gasteiger partial charge is 0.243 e. The largest absolute Gasteiger partial charge is 0.394 e. The molecule has 0 bridgehead atoms. The quantitative estimate of drug-likeness (QED) is 0.706. The van der Waals surface area contributed by atoms with Gasteiger partial charge in [0.1, 0.15) is 4.90 Å². The van der Waals surface area contributed by atoms with Crippen molar-refractivity contribution in [2.24, 2.45) is 0 Å². The summed E-state index contributed by atoms with van der Waals surface area (Å²) < 4.78 is 28.1. The number of likely N-dealkylation sites (N-methyl/N-ethyl adjacent to an activating group) is 1. The predicted octanol–water partition coefficient (Wildman–Crippen LogP) is -0.506. The molecule has 0 fully saturated rings. The average molecular weight is 290 g/mol. The first kappa shape index (κ1) is 16.1. The molecule has 0 aliphatic heterocycles. The van der Waals surface area contributed by atoms with E-state index in [0.717, 1.165) is 0 Å². The Bertz CT molecular complexity index is 508. The van der Waals surface area contributed by atoms with Gasteiger partial charge in [0.05, 0.1) is 19.3 Å². The SMILES string of the molecule is CN(C)C(C)(C)CNS(=O)(=O)c1cnn(CCO)c1. The summed E-state index contributed by atoms with van der Waals surface area (Å²) in [5, 5.41) is 12.7. The topological polar surface area (TPSA) is 87.5 Å². The van der Waals surface area contributed by atoms with E-state index in [9.17, 15) is 8.42 Å². The highest BCUT2D eigenvalue weighted by molar-refractivity contribution is 7.89. The highest BCUT2D eigenvalue weighted by atomic mass is 32.2. The van der Waals surface area contributed by atoms with Crippen LogP contribution in [0.1, 0.15) is 13.8 Å². The summed E-state index contributed by atoms with van der Waals surface area (Å²) in [7, 11) is 0.227. The van der Waals surface area contributed by atoms with Crippen LogP contribution in [0.25, 0.3) is 0 Å². The maximum Gasteiger partial charge on any atom is 0.243 e. The Morgan fingerprint density at radius 1 is 1.47 bits per heavy atom. The van der Waals surface area contributed by atoms with Crippen LogP contribution in [-0.2, 0) is 16.6 Å². The summed E-state index contributed by atoms with van der Waals surface area (Å²) in [4.78, 5) is 2.06. The molecular formula is C11H22N4O3S. The molecule has 0 spiro atoms. The number of aromatic nitrogens is 2. The molecule has 0 atom stereocenters. The van der Waals surface area contributed by atoms with Gasteiger partial charge < -0.3 is 10.0 Å². The highest BCUT2D eigenvalue weighted by Crippen LogP contribution is 2.11. The van der Waals surface area contributed by atoms with Gasteiger partial charge in [-0.15, -0.1) is 0 Å². The molecular weight excluding hydrogens is 268 g/mol.